The molecule has 7 heteroatoms. The molecule has 2 rings (SSSR count). The number of carbonyl (C=O) groups excluding carboxylic acids is 2. The van der Waals surface area contributed by atoms with E-state index in [1.807, 2.05) is 62.8 Å². The lowest BCUT2D eigenvalue weighted by atomic mass is 9.96. The minimum atomic E-state index is -0.406. The van der Waals surface area contributed by atoms with E-state index in [2.05, 4.69) is 15.6 Å². The van der Waals surface area contributed by atoms with Gasteiger partial charge in [-0.25, -0.2) is 4.98 Å². The summed E-state index contributed by atoms with van der Waals surface area (Å²) in [6.45, 7) is 6.10. The van der Waals surface area contributed by atoms with E-state index in [-0.39, 0.29) is 11.8 Å². The lowest BCUT2D eigenvalue weighted by Gasteiger charge is -2.17. The zero-order valence-electron chi connectivity index (χ0n) is 15.7. The molecule has 0 aliphatic rings. The molecule has 1 heterocycles. The molecule has 1 aromatic carbocycles. The monoisotopic (exact) mass is 374 g/mol. The van der Waals surface area contributed by atoms with Crippen molar-refractivity contribution in [2.24, 2.45) is 12.5 Å². The summed E-state index contributed by atoms with van der Waals surface area (Å²) in [6.07, 6.45) is 4.65. The Morgan fingerprint density at radius 3 is 2.46 bits per heavy atom. The fraction of sp³-hybridized carbons (Fsp3) is 0.421. The molecule has 2 aromatic rings. The Labute approximate surface area is 158 Å². The van der Waals surface area contributed by atoms with Gasteiger partial charge in [0.05, 0.1) is 0 Å². The predicted octanol–water partition coefficient (Wildman–Crippen LogP) is 3.45. The third kappa shape index (κ3) is 6.22. The molecule has 2 amide bonds. The summed E-state index contributed by atoms with van der Waals surface area (Å²) in [6, 6.07) is 7.67. The minimum Gasteiger partial charge on any atom is -0.356 e. The molecule has 1 aromatic heterocycles. The second kappa shape index (κ2) is 8.89. The highest BCUT2D eigenvalue weighted by atomic mass is 32.2. The maximum absolute atomic E-state index is 12.0. The maximum atomic E-state index is 12.0. The van der Waals surface area contributed by atoms with Gasteiger partial charge in [0.15, 0.2) is 5.16 Å². The van der Waals surface area contributed by atoms with Crippen LogP contribution in [0, 0.1) is 5.41 Å². The number of aromatic nitrogens is 2. The first kappa shape index (κ1) is 20.0. The minimum absolute atomic E-state index is 0.00120. The molecule has 0 saturated heterocycles. The normalized spacial score (nSPS) is 11.2. The first-order valence-corrected chi connectivity index (χ1v) is 9.41. The Kier molecular flexibility index (Phi) is 6.85. The van der Waals surface area contributed by atoms with Crippen molar-refractivity contribution in [3.63, 3.8) is 0 Å². The van der Waals surface area contributed by atoms with E-state index in [1.165, 1.54) is 0 Å². The van der Waals surface area contributed by atoms with E-state index >= 15 is 0 Å². The smallest absolute Gasteiger partial charge is 0.225 e. The lowest BCUT2D eigenvalue weighted by molar-refractivity contribution is -0.128. The van der Waals surface area contributed by atoms with Crippen LogP contribution in [-0.4, -0.2) is 27.9 Å². The molecule has 0 radical (unpaired) electrons. The van der Waals surface area contributed by atoms with Gasteiger partial charge >= 0.3 is 0 Å². The number of imidazole rings is 1. The first-order valence-electron chi connectivity index (χ1n) is 8.59. The number of anilines is 1. The molecule has 6 nitrogen and oxygen atoms in total. The number of hydrogen-bond donors (Lipinski definition) is 2. The summed E-state index contributed by atoms with van der Waals surface area (Å²) in [5, 5.41) is 6.64. The van der Waals surface area contributed by atoms with Gasteiger partial charge in [-0.15, -0.1) is 0 Å². The zero-order valence-corrected chi connectivity index (χ0v) is 16.5. The summed E-state index contributed by atoms with van der Waals surface area (Å²) < 4.78 is 1.96. The van der Waals surface area contributed by atoms with Gasteiger partial charge in [0, 0.05) is 48.4 Å². The Balaban J connectivity index is 1.73. The van der Waals surface area contributed by atoms with Gasteiger partial charge in [0.25, 0.3) is 0 Å². The average Bonchev–Trinajstić information content (AvgIpc) is 2.97. The van der Waals surface area contributed by atoms with Gasteiger partial charge in [-0.1, -0.05) is 32.5 Å². The van der Waals surface area contributed by atoms with Crippen molar-refractivity contribution < 1.29 is 9.59 Å². The summed E-state index contributed by atoms with van der Waals surface area (Å²) in [5.74, 6) is -0.0572. The molecule has 0 fully saturated rings. The fourth-order valence-corrected chi connectivity index (χ4v) is 2.90. The standard InChI is InChI=1S/C19H26N4O2S/c1-19(2,3)17(25)20-11-5-6-16(24)22-14-7-9-15(10-8-14)26-18-21-12-13-23(18)4/h7-10,12-13H,5-6,11H2,1-4H3,(H,20,25)(H,22,24). The van der Waals surface area contributed by atoms with Crippen LogP contribution >= 0.6 is 11.8 Å². The highest BCUT2D eigenvalue weighted by Gasteiger charge is 2.20. The second-order valence-corrected chi connectivity index (χ2v) is 8.15. The molecule has 0 atom stereocenters. The van der Waals surface area contributed by atoms with Gasteiger partial charge in [-0.05, 0) is 30.7 Å². The molecule has 0 aliphatic carbocycles. The molecule has 0 saturated carbocycles. The van der Waals surface area contributed by atoms with Crippen LogP contribution in [0.3, 0.4) is 0 Å². The van der Waals surface area contributed by atoms with Crippen LogP contribution in [0.5, 0.6) is 0 Å². The Morgan fingerprint density at radius 2 is 1.88 bits per heavy atom. The quantitative estimate of drug-likeness (QED) is 0.728. The van der Waals surface area contributed by atoms with Gasteiger partial charge < -0.3 is 15.2 Å². The Hall–Kier alpha value is -2.28. The third-order valence-electron chi connectivity index (χ3n) is 3.67. The van der Waals surface area contributed by atoms with Crippen molar-refractivity contribution >= 4 is 29.3 Å². The highest BCUT2D eigenvalue weighted by molar-refractivity contribution is 7.99. The van der Waals surface area contributed by atoms with Crippen LogP contribution in [0.25, 0.3) is 0 Å². The molecule has 2 N–H and O–H groups in total. The van der Waals surface area contributed by atoms with Gasteiger partial charge in [0.2, 0.25) is 11.8 Å². The highest BCUT2D eigenvalue weighted by Crippen LogP contribution is 2.26. The number of benzene rings is 1. The van der Waals surface area contributed by atoms with Crippen LogP contribution in [0.4, 0.5) is 5.69 Å². The van der Waals surface area contributed by atoms with Crippen molar-refractivity contribution in [2.75, 3.05) is 11.9 Å². The summed E-state index contributed by atoms with van der Waals surface area (Å²) in [4.78, 5) is 29.1. The van der Waals surface area contributed by atoms with Crippen LogP contribution < -0.4 is 10.6 Å². The number of amides is 2. The van der Waals surface area contributed by atoms with Gasteiger partial charge in [-0.2, -0.15) is 0 Å². The molecular weight excluding hydrogens is 348 g/mol. The van der Waals surface area contributed by atoms with Crippen molar-refractivity contribution in [3.8, 4) is 0 Å². The van der Waals surface area contributed by atoms with E-state index in [9.17, 15) is 9.59 Å². The fourth-order valence-electron chi connectivity index (χ4n) is 2.10. The van der Waals surface area contributed by atoms with Crippen LogP contribution in [0.1, 0.15) is 33.6 Å². The van der Waals surface area contributed by atoms with Crippen LogP contribution in [0.2, 0.25) is 0 Å². The molecular formula is C19H26N4O2S. The van der Waals surface area contributed by atoms with Crippen molar-refractivity contribution in [1.82, 2.24) is 14.9 Å². The number of nitrogens with zero attached hydrogens (tertiary/aromatic N) is 2. The maximum Gasteiger partial charge on any atom is 0.225 e. The van der Waals surface area contributed by atoms with E-state index in [0.717, 1.165) is 15.7 Å². The first-order chi connectivity index (χ1) is 12.3. The topological polar surface area (TPSA) is 76.0 Å². The van der Waals surface area contributed by atoms with Crippen molar-refractivity contribution in [3.05, 3.63) is 36.7 Å². The number of rotatable bonds is 7. The molecule has 0 aliphatic heterocycles. The van der Waals surface area contributed by atoms with E-state index in [0.29, 0.717) is 19.4 Å². The second-order valence-electron chi connectivity index (χ2n) is 7.10. The van der Waals surface area contributed by atoms with Crippen molar-refractivity contribution in [1.29, 1.82) is 0 Å². The number of carbonyl (C=O) groups is 2. The van der Waals surface area contributed by atoms with E-state index in [1.54, 1.807) is 18.0 Å². The summed E-state index contributed by atoms with van der Waals surface area (Å²) >= 11 is 1.57. The average molecular weight is 375 g/mol. The Bertz CT molecular complexity index is 748. The summed E-state index contributed by atoms with van der Waals surface area (Å²) in [7, 11) is 1.95. The van der Waals surface area contributed by atoms with E-state index in [4.69, 9.17) is 0 Å². The van der Waals surface area contributed by atoms with Gasteiger partial charge in [0.1, 0.15) is 0 Å². The predicted molar refractivity (Wildman–Crippen MR) is 104 cm³/mol. The zero-order chi connectivity index (χ0) is 19.2. The van der Waals surface area contributed by atoms with Crippen molar-refractivity contribution in [2.45, 2.75) is 43.7 Å². The van der Waals surface area contributed by atoms with Gasteiger partial charge in [-0.3, -0.25) is 9.59 Å². The number of hydrogen-bond acceptors (Lipinski definition) is 4. The Morgan fingerprint density at radius 1 is 1.19 bits per heavy atom. The molecule has 0 bridgehead atoms. The number of aryl methyl sites for hydroxylation is 1. The lowest BCUT2D eigenvalue weighted by Crippen LogP contribution is -2.35. The van der Waals surface area contributed by atoms with Crippen LogP contribution in [-0.2, 0) is 16.6 Å². The third-order valence-corrected chi connectivity index (χ3v) is 4.76. The molecule has 140 valence electrons. The largest absolute Gasteiger partial charge is 0.356 e. The SMILES string of the molecule is Cn1ccnc1Sc1ccc(NC(=O)CCCNC(=O)C(C)(C)C)cc1. The molecule has 0 spiro atoms. The van der Waals surface area contributed by atoms with Crippen LogP contribution in [0.15, 0.2) is 46.7 Å². The van der Waals surface area contributed by atoms with E-state index < -0.39 is 5.41 Å². The molecule has 0 unspecified atom stereocenters. The number of nitrogens with one attached hydrogen (secondary N) is 2. The molecule has 26 heavy (non-hydrogen) atoms. The summed E-state index contributed by atoms with van der Waals surface area (Å²) in [5.41, 5.74) is 0.356.